The zero-order chi connectivity index (χ0) is 22.1. The lowest BCUT2D eigenvalue weighted by Crippen LogP contribution is -2.37. The lowest BCUT2D eigenvalue weighted by atomic mass is 9.92. The second-order valence-corrected chi connectivity index (χ2v) is 8.37. The summed E-state index contributed by atoms with van der Waals surface area (Å²) in [7, 11) is 0. The molecule has 0 spiro atoms. The van der Waals surface area contributed by atoms with Crippen LogP contribution < -0.4 is 16.0 Å². The topological polar surface area (TPSA) is 94.1 Å². The molecule has 0 amide bonds. The van der Waals surface area contributed by atoms with Crippen LogP contribution in [-0.4, -0.2) is 57.9 Å². The first kappa shape index (κ1) is 21.0. The molecule has 1 saturated heterocycles. The maximum atomic E-state index is 13.9. The van der Waals surface area contributed by atoms with Crippen molar-refractivity contribution in [2.45, 2.75) is 44.2 Å². The van der Waals surface area contributed by atoms with Gasteiger partial charge in [-0.1, -0.05) is 12.1 Å². The summed E-state index contributed by atoms with van der Waals surface area (Å²) >= 11 is 0. The number of nitrogens with one attached hydrogen (secondary N) is 1. The summed E-state index contributed by atoms with van der Waals surface area (Å²) in [5, 5.41) is 3.41. The van der Waals surface area contributed by atoms with E-state index < -0.39 is 6.43 Å². The van der Waals surface area contributed by atoms with E-state index in [-0.39, 0.29) is 17.9 Å². The molecule has 1 aliphatic heterocycles. The minimum Gasteiger partial charge on any atom is -0.378 e. The first-order valence-corrected chi connectivity index (χ1v) is 11.1. The van der Waals surface area contributed by atoms with Gasteiger partial charge in [0.1, 0.15) is 11.6 Å². The van der Waals surface area contributed by atoms with E-state index in [1.165, 1.54) is 4.57 Å². The fraction of sp³-hybridized carbons (Fsp3) is 0.500. The molecule has 8 nitrogen and oxygen atoms in total. The van der Waals surface area contributed by atoms with Crippen LogP contribution in [0.1, 0.15) is 37.9 Å². The Labute approximate surface area is 184 Å². The molecule has 2 atom stereocenters. The number of nitrogens with zero attached hydrogens (tertiary/aromatic N) is 5. The first-order valence-electron chi connectivity index (χ1n) is 11.1. The molecule has 3 aromatic rings. The van der Waals surface area contributed by atoms with Crippen molar-refractivity contribution in [2.24, 2.45) is 5.73 Å². The van der Waals surface area contributed by atoms with Gasteiger partial charge in [-0.05, 0) is 37.8 Å². The number of ether oxygens (including phenoxy) is 1. The van der Waals surface area contributed by atoms with E-state index in [0.717, 1.165) is 25.7 Å². The molecule has 1 aromatic carbocycles. The summed E-state index contributed by atoms with van der Waals surface area (Å²) in [5.41, 5.74) is 7.23. The molecule has 2 unspecified atom stereocenters. The van der Waals surface area contributed by atoms with Crippen molar-refractivity contribution in [1.82, 2.24) is 19.5 Å². The van der Waals surface area contributed by atoms with Crippen molar-refractivity contribution < 1.29 is 13.5 Å². The molecule has 32 heavy (non-hydrogen) atoms. The van der Waals surface area contributed by atoms with Gasteiger partial charge >= 0.3 is 0 Å². The summed E-state index contributed by atoms with van der Waals surface area (Å²) in [6.45, 7) is 2.54. The Kier molecular flexibility index (Phi) is 5.88. The van der Waals surface area contributed by atoms with E-state index in [1.54, 1.807) is 24.3 Å². The van der Waals surface area contributed by atoms with E-state index >= 15 is 0 Å². The van der Waals surface area contributed by atoms with Gasteiger partial charge in [0.2, 0.25) is 5.95 Å². The van der Waals surface area contributed by atoms with Gasteiger partial charge in [-0.3, -0.25) is 4.57 Å². The Morgan fingerprint density at radius 2 is 1.84 bits per heavy atom. The van der Waals surface area contributed by atoms with Crippen LogP contribution in [0.4, 0.5) is 20.5 Å². The van der Waals surface area contributed by atoms with E-state index in [9.17, 15) is 8.78 Å². The molecule has 3 heterocycles. The second-order valence-electron chi connectivity index (χ2n) is 8.37. The summed E-state index contributed by atoms with van der Waals surface area (Å²) in [6, 6.07) is 9.15. The zero-order valence-corrected chi connectivity index (χ0v) is 17.8. The molecule has 10 heteroatoms. The summed E-state index contributed by atoms with van der Waals surface area (Å²) in [6.07, 6.45) is 1.12. The van der Waals surface area contributed by atoms with E-state index in [2.05, 4.69) is 20.2 Å². The number of fused-ring (bicyclic) bond motifs is 1. The molecule has 0 radical (unpaired) electrons. The van der Waals surface area contributed by atoms with Crippen molar-refractivity contribution in [1.29, 1.82) is 0 Å². The van der Waals surface area contributed by atoms with Crippen LogP contribution in [0.15, 0.2) is 30.3 Å². The Hall–Kier alpha value is -2.85. The quantitative estimate of drug-likeness (QED) is 0.625. The normalized spacial score (nSPS) is 21.9. The third-order valence-electron chi connectivity index (χ3n) is 6.09. The number of alkyl halides is 2. The number of rotatable bonds is 5. The van der Waals surface area contributed by atoms with Gasteiger partial charge in [-0.25, -0.2) is 13.8 Å². The van der Waals surface area contributed by atoms with Crippen LogP contribution in [0.2, 0.25) is 0 Å². The Balaban J connectivity index is 1.60. The highest BCUT2D eigenvalue weighted by molar-refractivity contribution is 5.78. The molecule has 2 aliphatic rings. The number of para-hydroxylation sites is 2. The number of hydrogen-bond donors (Lipinski definition) is 2. The lowest BCUT2D eigenvalue weighted by molar-refractivity contribution is 0.122. The molecule has 0 bridgehead atoms. The molecule has 5 rings (SSSR count). The Morgan fingerprint density at radius 3 is 2.62 bits per heavy atom. The number of aromatic nitrogens is 4. The van der Waals surface area contributed by atoms with Gasteiger partial charge in [-0.2, -0.15) is 9.97 Å². The minimum atomic E-state index is -2.74. The number of halogens is 2. The van der Waals surface area contributed by atoms with Gasteiger partial charge in [0, 0.05) is 31.2 Å². The fourth-order valence-electron chi connectivity index (χ4n) is 4.53. The van der Waals surface area contributed by atoms with E-state index in [0.29, 0.717) is 54.9 Å². The predicted octanol–water partition coefficient (Wildman–Crippen LogP) is 3.27. The van der Waals surface area contributed by atoms with Crippen LogP contribution in [0.5, 0.6) is 0 Å². The standard InChI is InChI=1S/C22H27F2N7O/c23-20(24)21-27-16-6-1-2-7-17(16)31(21)19-13-18(30-8-10-32-11-9-30)28-22(29-19)26-15-5-3-4-14(25)12-15/h1-2,6-7,13-15,20H,3-5,8-12,25H2,(H,26,28,29). The first-order chi connectivity index (χ1) is 15.6. The SMILES string of the molecule is NC1CCCC(Nc2nc(N3CCOCC3)cc(-n3c(C(F)F)nc4ccccc43)n2)C1. The molecule has 170 valence electrons. The number of anilines is 2. The van der Waals surface area contributed by atoms with Crippen LogP contribution in [0.25, 0.3) is 16.9 Å². The van der Waals surface area contributed by atoms with Gasteiger partial charge in [0.05, 0.1) is 24.2 Å². The van der Waals surface area contributed by atoms with Crippen molar-refractivity contribution in [2.75, 3.05) is 36.5 Å². The average molecular weight is 444 g/mol. The zero-order valence-electron chi connectivity index (χ0n) is 17.8. The van der Waals surface area contributed by atoms with Crippen molar-refractivity contribution in [3.8, 4) is 5.82 Å². The molecular weight excluding hydrogens is 416 g/mol. The van der Waals surface area contributed by atoms with Crippen molar-refractivity contribution in [3.63, 3.8) is 0 Å². The number of imidazole rings is 1. The highest BCUT2D eigenvalue weighted by Crippen LogP contribution is 2.30. The molecule has 2 aromatic heterocycles. The molecule has 2 fully saturated rings. The van der Waals surface area contributed by atoms with Crippen LogP contribution in [0.3, 0.4) is 0 Å². The maximum absolute atomic E-state index is 13.9. The molecule has 1 saturated carbocycles. The smallest absolute Gasteiger partial charge is 0.296 e. The third kappa shape index (κ3) is 4.24. The summed E-state index contributed by atoms with van der Waals surface area (Å²) in [4.78, 5) is 15.6. The maximum Gasteiger partial charge on any atom is 0.296 e. The average Bonchev–Trinajstić information content (AvgIpc) is 3.20. The number of nitrogens with two attached hydrogens (primary N) is 1. The Morgan fingerprint density at radius 1 is 1.06 bits per heavy atom. The van der Waals surface area contributed by atoms with Crippen molar-refractivity contribution in [3.05, 3.63) is 36.2 Å². The Bertz CT molecular complexity index is 1080. The fourth-order valence-corrected chi connectivity index (χ4v) is 4.53. The number of benzene rings is 1. The van der Waals surface area contributed by atoms with E-state index in [1.807, 2.05) is 6.07 Å². The number of hydrogen-bond acceptors (Lipinski definition) is 7. The summed E-state index contributed by atoms with van der Waals surface area (Å²) in [5.74, 6) is 1.14. The minimum absolute atomic E-state index is 0.145. The van der Waals surface area contributed by atoms with Crippen molar-refractivity contribution >= 4 is 22.8 Å². The molecular formula is C22H27F2N7O. The molecule has 1 aliphatic carbocycles. The lowest BCUT2D eigenvalue weighted by Gasteiger charge is -2.30. The van der Waals surface area contributed by atoms with Gasteiger partial charge in [-0.15, -0.1) is 0 Å². The highest BCUT2D eigenvalue weighted by Gasteiger charge is 2.25. The summed E-state index contributed by atoms with van der Waals surface area (Å²) < 4.78 is 34.8. The predicted molar refractivity (Wildman–Crippen MR) is 119 cm³/mol. The van der Waals surface area contributed by atoms with Gasteiger partial charge in [0.25, 0.3) is 6.43 Å². The van der Waals surface area contributed by atoms with Gasteiger partial charge < -0.3 is 20.7 Å². The van der Waals surface area contributed by atoms with Crippen LogP contribution in [0, 0.1) is 0 Å². The number of morpholine rings is 1. The largest absolute Gasteiger partial charge is 0.378 e. The highest BCUT2D eigenvalue weighted by atomic mass is 19.3. The van der Waals surface area contributed by atoms with Crippen LogP contribution in [-0.2, 0) is 4.74 Å². The van der Waals surface area contributed by atoms with Crippen LogP contribution >= 0.6 is 0 Å². The third-order valence-corrected chi connectivity index (χ3v) is 6.09. The van der Waals surface area contributed by atoms with Gasteiger partial charge in [0.15, 0.2) is 5.82 Å². The monoisotopic (exact) mass is 443 g/mol. The molecule has 3 N–H and O–H groups in total. The second kappa shape index (κ2) is 8.95. The van der Waals surface area contributed by atoms with E-state index in [4.69, 9.17) is 15.5 Å².